The van der Waals surface area contributed by atoms with Crippen LogP contribution in [-0.4, -0.2) is 45.0 Å². The number of aromatic nitrogens is 1. The molecule has 0 saturated carbocycles. The number of rotatable bonds is 9. The van der Waals surface area contributed by atoms with Gasteiger partial charge in [-0.15, -0.1) is 0 Å². The number of nitrogens with zero attached hydrogens (tertiary/aromatic N) is 2. The molecule has 2 heterocycles. The lowest BCUT2D eigenvalue weighted by molar-refractivity contribution is -0.140. The minimum Gasteiger partial charge on any atom is -0.507 e. The second kappa shape index (κ2) is 10.9. The van der Waals surface area contributed by atoms with Gasteiger partial charge in [-0.05, 0) is 60.9 Å². The molecule has 1 unspecified atom stereocenters. The average molecular weight is 489 g/mol. The first-order valence-corrected chi connectivity index (χ1v) is 11.8. The van der Waals surface area contributed by atoms with Gasteiger partial charge in [0.25, 0.3) is 11.7 Å². The van der Waals surface area contributed by atoms with Gasteiger partial charge in [-0.2, -0.15) is 0 Å². The Labute approximate surface area is 209 Å². The van der Waals surface area contributed by atoms with Crippen molar-refractivity contribution in [3.63, 3.8) is 0 Å². The quantitative estimate of drug-likeness (QED) is 0.257. The van der Waals surface area contributed by atoms with Gasteiger partial charge in [-0.25, -0.2) is 0 Å². The summed E-state index contributed by atoms with van der Waals surface area (Å²) in [7, 11) is 0. The fraction of sp³-hybridized carbons (Fsp3) is 0.250. The Morgan fingerprint density at radius 2 is 1.81 bits per heavy atom. The third-order valence-electron chi connectivity index (χ3n) is 5.82. The van der Waals surface area contributed by atoms with Gasteiger partial charge in [0.2, 0.25) is 0 Å². The van der Waals surface area contributed by atoms with E-state index in [2.05, 4.69) is 4.98 Å². The molecular formula is C28H28N2O6. The number of carbonyl (C=O) groups excluding carboxylic acids is 2. The van der Waals surface area contributed by atoms with Gasteiger partial charge in [0, 0.05) is 24.5 Å². The van der Waals surface area contributed by atoms with Gasteiger partial charge in [0.15, 0.2) is 11.5 Å². The molecular weight excluding hydrogens is 460 g/mol. The van der Waals surface area contributed by atoms with Crippen LogP contribution in [0.3, 0.4) is 0 Å². The molecule has 1 aliphatic heterocycles. The van der Waals surface area contributed by atoms with Crippen molar-refractivity contribution in [3.05, 3.63) is 89.3 Å². The molecule has 36 heavy (non-hydrogen) atoms. The standard InChI is InChI=1S/C28H28N2O6/c1-3-14-36-21-7-5-6-20(15-21)26(32)24-25(19-8-9-22(31)23(16-19)35-4-2)30(28(34)27(24)33)17-18-10-12-29-13-11-18/h5-13,15-16,25,31-32H,3-4,14,17H2,1-2H3/b26-24+. The van der Waals surface area contributed by atoms with E-state index < -0.39 is 17.7 Å². The maximum absolute atomic E-state index is 13.3. The van der Waals surface area contributed by atoms with Crippen LogP contribution in [-0.2, 0) is 16.1 Å². The third-order valence-corrected chi connectivity index (χ3v) is 5.82. The molecule has 0 aliphatic carbocycles. The monoisotopic (exact) mass is 488 g/mol. The van der Waals surface area contributed by atoms with Gasteiger partial charge in [0.05, 0.1) is 24.8 Å². The van der Waals surface area contributed by atoms with Crippen LogP contribution in [0.1, 0.15) is 43.0 Å². The molecule has 1 fully saturated rings. The van der Waals surface area contributed by atoms with Crippen LogP contribution < -0.4 is 9.47 Å². The Balaban J connectivity index is 1.85. The molecule has 1 atom stereocenters. The summed E-state index contributed by atoms with van der Waals surface area (Å²) in [4.78, 5) is 32.0. The number of Topliss-reactive ketones (excluding diaryl/α,β-unsaturated/α-hetero) is 1. The van der Waals surface area contributed by atoms with Gasteiger partial charge in [-0.1, -0.05) is 25.1 Å². The highest BCUT2D eigenvalue weighted by Gasteiger charge is 2.46. The van der Waals surface area contributed by atoms with Crippen LogP contribution in [0.4, 0.5) is 0 Å². The van der Waals surface area contributed by atoms with E-state index in [1.807, 2.05) is 6.92 Å². The molecule has 1 amide bonds. The molecule has 0 bridgehead atoms. The summed E-state index contributed by atoms with van der Waals surface area (Å²) in [5, 5.41) is 21.5. The van der Waals surface area contributed by atoms with E-state index in [1.165, 1.54) is 11.0 Å². The first-order chi connectivity index (χ1) is 17.4. The van der Waals surface area contributed by atoms with Crippen LogP contribution in [0.5, 0.6) is 17.2 Å². The lowest BCUT2D eigenvalue weighted by Gasteiger charge is -2.26. The number of ketones is 1. The smallest absolute Gasteiger partial charge is 0.295 e. The Morgan fingerprint density at radius 3 is 2.53 bits per heavy atom. The number of aliphatic hydroxyl groups is 1. The van der Waals surface area contributed by atoms with E-state index >= 15 is 0 Å². The first-order valence-electron chi connectivity index (χ1n) is 11.8. The predicted molar refractivity (Wildman–Crippen MR) is 134 cm³/mol. The molecule has 0 spiro atoms. The number of hydrogen-bond donors (Lipinski definition) is 2. The van der Waals surface area contributed by atoms with Crippen LogP contribution in [0.2, 0.25) is 0 Å². The van der Waals surface area contributed by atoms with Crippen molar-refractivity contribution in [3.8, 4) is 17.2 Å². The Kier molecular flexibility index (Phi) is 7.53. The molecule has 8 heteroatoms. The summed E-state index contributed by atoms with van der Waals surface area (Å²) in [5.41, 5.74) is 1.61. The molecule has 186 valence electrons. The normalized spacial score (nSPS) is 16.8. The summed E-state index contributed by atoms with van der Waals surface area (Å²) in [5.74, 6) is -1.12. The molecule has 1 aromatic heterocycles. The largest absolute Gasteiger partial charge is 0.507 e. The summed E-state index contributed by atoms with van der Waals surface area (Å²) < 4.78 is 11.2. The van der Waals surface area contributed by atoms with Gasteiger partial charge in [0.1, 0.15) is 11.5 Å². The molecule has 0 radical (unpaired) electrons. The fourth-order valence-corrected chi connectivity index (χ4v) is 4.16. The number of hydrogen-bond acceptors (Lipinski definition) is 7. The minimum absolute atomic E-state index is 0.0464. The van der Waals surface area contributed by atoms with Crippen molar-refractivity contribution in [2.24, 2.45) is 0 Å². The highest BCUT2D eigenvalue weighted by molar-refractivity contribution is 6.46. The maximum atomic E-state index is 13.3. The number of ether oxygens (including phenoxy) is 2. The summed E-state index contributed by atoms with van der Waals surface area (Å²) in [6, 6.07) is 14.0. The number of phenols is 1. The van der Waals surface area contributed by atoms with E-state index in [4.69, 9.17) is 9.47 Å². The molecule has 3 aromatic rings. The SMILES string of the molecule is CCCOc1cccc(/C(O)=C2\C(=O)C(=O)N(Cc3ccncc3)C2c2ccc(O)c(OCC)c2)c1. The van der Waals surface area contributed by atoms with Crippen LogP contribution in [0.25, 0.3) is 5.76 Å². The van der Waals surface area contributed by atoms with Crippen molar-refractivity contribution in [2.45, 2.75) is 32.9 Å². The lowest BCUT2D eigenvalue weighted by atomic mass is 9.94. The van der Waals surface area contributed by atoms with Gasteiger partial charge >= 0.3 is 0 Å². The lowest BCUT2D eigenvalue weighted by Crippen LogP contribution is -2.29. The number of phenolic OH excluding ortho intramolecular Hbond substituents is 1. The second-order valence-corrected chi connectivity index (χ2v) is 8.32. The van der Waals surface area contributed by atoms with Crippen molar-refractivity contribution >= 4 is 17.4 Å². The Morgan fingerprint density at radius 1 is 1.03 bits per heavy atom. The Hall–Kier alpha value is -4.33. The highest BCUT2D eigenvalue weighted by atomic mass is 16.5. The number of likely N-dealkylation sites (tertiary alicyclic amines) is 1. The van der Waals surface area contributed by atoms with Crippen LogP contribution in [0.15, 0.2) is 72.6 Å². The van der Waals surface area contributed by atoms with Gasteiger partial charge in [-0.3, -0.25) is 14.6 Å². The van der Waals surface area contributed by atoms with Gasteiger partial charge < -0.3 is 24.6 Å². The second-order valence-electron chi connectivity index (χ2n) is 8.32. The minimum atomic E-state index is -0.904. The van der Waals surface area contributed by atoms with Crippen LogP contribution in [0, 0.1) is 0 Å². The molecule has 8 nitrogen and oxygen atoms in total. The maximum Gasteiger partial charge on any atom is 0.295 e. The molecule has 2 aromatic carbocycles. The molecule has 1 saturated heterocycles. The fourth-order valence-electron chi connectivity index (χ4n) is 4.16. The van der Waals surface area contributed by atoms with E-state index in [-0.39, 0.29) is 29.4 Å². The van der Waals surface area contributed by atoms with E-state index in [0.29, 0.717) is 30.1 Å². The Bertz CT molecular complexity index is 1290. The summed E-state index contributed by atoms with van der Waals surface area (Å²) >= 11 is 0. The number of benzene rings is 2. The first kappa shape index (κ1) is 24.8. The molecule has 4 rings (SSSR count). The van der Waals surface area contributed by atoms with Crippen molar-refractivity contribution < 1.29 is 29.3 Å². The number of carbonyl (C=O) groups is 2. The topological polar surface area (TPSA) is 109 Å². The zero-order valence-electron chi connectivity index (χ0n) is 20.2. The number of aliphatic hydroxyl groups excluding tert-OH is 1. The van der Waals surface area contributed by atoms with Crippen molar-refractivity contribution in [2.75, 3.05) is 13.2 Å². The van der Waals surface area contributed by atoms with E-state index in [9.17, 15) is 19.8 Å². The zero-order chi connectivity index (χ0) is 25.7. The van der Waals surface area contributed by atoms with Crippen LogP contribution >= 0.6 is 0 Å². The highest BCUT2D eigenvalue weighted by Crippen LogP contribution is 2.42. The van der Waals surface area contributed by atoms with E-state index in [1.54, 1.807) is 67.8 Å². The average Bonchev–Trinajstić information content (AvgIpc) is 3.14. The number of aromatic hydroxyl groups is 1. The number of pyridine rings is 1. The van der Waals surface area contributed by atoms with E-state index in [0.717, 1.165) is 12.0 Å². The third kappa shape index (κ3) is 5.02. The predicted octanol–water partition coefficient (Wildman–Crippen LogP) is 4.60. The van der Waals surface area contributed by atoms with Crippen molar-refractivity contribution in [1.82, 2.24) is 9.88 Å². The summed E-state index contributed by atoms with van der Waals surface area (Å²) in [6.07, 6.45) is 4.03. The molecule has 1 aliphatic rings. The summed E-state index contributed by atoms with van der Waals surface area (Å²) in [6.45, 7) is 4.73. The van der Waals surface area contributed by atoms with Crippen molar-refractivity contribution in [1.29, 1.82) is 0 Å². The molecule has 2 N–H and O–H groups in total. The zero-order valence-corrected chi connectivity index (χ0v) is 20.2. The number of amides is 1.